The second-order valence-corrected chi connectivity index (χ2v) is 4.25. The maximum Gasteiger partial charge on any atom is 0.121 e. The van der Waals surface area contributed by atoms with Crippen molar-refractivity contribution < 1.29 is 4.74 Å². The fraction of sp³-hybridized carbons (Fsp3) is 0.500. The zero-order valence-corrected chi connectivity index (χ0v) is 10.7. The molecule has 0 aliphatic carbocycles. The van der Waals surface area contributed by atoms with Crippen molar-refractivity contribution in [2.24, 2.45) is 0 Å². The van der Waals surface area contributed by atoms with Gasteiger partial charge >= 0.3 is 0 Å². The highest BCUT2D eigenvalue weighted by Gasteiger charge is 2.09. The Kier molecular flexibility index (Phi) is 5.51. The molecule has 0 saturated carbocycles. The minimum atomic E-state index is -0.233. The third kappa shape index (κ3) is 4.46. The maximum absolute atomic E-state index is 9.08. The van der Waals surface area contributed by atoms with E-state index >= 15 is 0 Å². The van der Waals surface area contributed by atoms with Crippen LogP contribution in [0.25, 0.3) is 0 Å². The SMILES string of the molecule is CCCNC(C#N)c1ccc(OC(C)C)cc1. The molecule has 0 aromatic heterocycles. The summed E-state index contributed by atoms with van der Waals surface area (Å²) in [6.07, 6.45) is 1.19. The molecule has 1 atom stereocenters. The molecule has 0 amide bonds. The van der Waals surface area contributed by atoms with Crippen molar-refractivity contribution in [2.75, 3.05) is 6.54 Å². The zero-order chi connectivity index (χ0) is 12.7. The Morgan fingerprint density at radius 2 is 1.94 bits per heavy atom. The second-order valence-electron chi connectivity index (χ2n) is 4.25. The van der Waals surface area contributed by atoms with Crippen LogP contribution in [0.4, 0.5) is 0 Å². The molecule has 1 N–H and O–H groups in total. The van der Waals surface area contributed by atoms with E-state index in [0.717, 1.165) is 24.3 Å². The van der Waals surface area contributed by atoms with E-state index in [-0.39, 0.29) is 12.1 Å². The van der Waals surface area contributed by atoms with Crippen LogP contribution in [0.1, 0.15) is 38.8 Å². The summed E-state index contributed by atoms with van der Waals surface area (Å²) in [4.78, 5) is 0. The van der Waals surface area contributed by atoms with Crippen molar-refractivity contribution in [1.29, 1.82) is 5.26 Å². The van der Waals surface area contributed by atoms with Gasteiger partial charge in [-0.25, -0.2) is 0 Å². The van der Waals surface area contributed by atoms with Crippen molar-refractivity contribution in [3.8, 4) is 11.8 Å². The Labute approximate surface area is 103 Å². The smallest absolute Gasteiger partial charge is 0.121 e. The predicted molar refractivity (Wildman–Crippen MR) is 68.9 cm³/mol. The zero-order valence-electron chi connectivity index (χ0n) is 10.7. The van der Waals surface area contributed by atoms with E-state index in [9.17, 15) is 0 Å². The molecule has 0 aliphatic rings. The van der Waals surface area contributed by atoms with Crippen molar-refractivity contribution in [1.82, 2.24) is 5.32 Å². The number of nitriles is 1. The van der Waals surface area contributed by atoms with Crippen LogP contribution in [0.2, 0.25) is 0 Å². The van der Waals surface area contributed by atoms with Gasteiger partial charge in [0.1, 0.15) is 11.8 Å². The molecule has 92 valence electrons. The molecule has 0 aliphatic heterocycles. The van der Waals surface area contributed by atoms with Gasteiger partial charge in [-0.2, -0.15) is 5.26 Å². The lowest BCUT2D eigenvalue weighted by molar-refractivity contribution is 0.242. The molecule has 1 aromatic rings. The Hall–Kier alpha value is -1.53. The van der Waals surface area contributed by atoms with Gasteiger partial charge in [0.05, 0.1) is 12.2 Å². The summed E-state index contributed by atoms with van der Waals surface area (Å²) >= 11 is 0. The Balaban J connectivity index is 2.68. The van der Waals surface area contributed by atoms with Crippen LogP contribution in [0, 0.1) is 11.3 Å². The van der Waals surface area contributed by atoms with E-state index in [2.05, 4.69) is 18.3 Å². The van der Waals surface area contributed by atoms with Crippen LogP contribution in [-0.4, -0.2) is 12.6 Å². The fourth-order valence-electron chi connectivity index (χ4n) is 1.54. The van der Waals surface area contributed by atoms with Crippen molar-refractivity contribution >= 4 is 0 Å². The molecule has 1 aromatic carbocycles. The minimum absolute atomic E-state index is 0.172. The minimum Gasteiger partial charge on any atom is -0.491 e. The highest BCUT2D eigenvalue weighted by molar-refractivity contribution is 5.31. The molecule has 17 heavy (non-hydrogen) atoms. The largest absolute Gasteiger partial charge is 0.491 e. The lowest BCUT2D eigenvalue weighted by Crippen LogP contribution is -2.20. The molecule has 0 radical (unpaired) electrons. The first-order valence-corrected chi connectivity index (χ1v) is 6.07. The first-order valence-electron chi connectivity index (χ1n) is 6.07. The summed E-state index contributed by atoms with van der Waals surface area (Å²) < 4.78 is 5.56. The molecular formula is C14H20N2O. The van der Waals surface area contributed by atoms with Gasteiger partial charge in [-0.1, -0.05) is 19.1 Å². The summed E-state index contributed by atoms with van der Waals surface area (Å²) in [5.41, 5.74) is 0.983. The summed E-state index contributed by atoms with van der Waals surface area (Å²) in [5, 5.41) is 12.3. The van der Waals surface area contributed by atoms with E-state index in [4.69, 9.17) is 10.00 Å². The van der Waals surface area contributed by atoms with Crippen LogP contribution in [-0.2, 0) is 0 Å². The molecule has 0 spiro atoms. The molecule has 1 unspecified atom stereocenters. The van der Waals surface area contributed by atoms with E-state index in [1.807, 2.05) is 38.1 Å². The highest BCUT2D eigenvalue weighted by Crippen LogP contribution is 2.18. The predicted octanol–water partition coefficient (Wildman–Crippen LogP) is 3.04. The van der Waals surface area contributed by atoms with Gasteiger partial charge in [0.25, 0.3) is 0 Å². The van der Waals surface area contributed by atoms with Crippen molar-refractivity contribution in [3.63, 3.8) is 0 Å². The Morgan fingerprint density at radius 3 is 2.41 bits per heavy atom. The Bertz CT molecular complexity index is 365. The quantitative estimate of drug-likeness (QED) is 0.820. The topological polar surface area (TPSA) is 45.0 Å². The first kappa shape index (κ1) is 13.5. The van der Waals surface area contributed by atoms with Crippen molar-refractivity contribution in [2.45, 2.75) is 39.3 Å². The number of hydrogen-bond donors (Lipinski definition) is 1. The standard InChI is InChI=1S/C14H20N2O/c1-4-9-16-14(10-15)12-5-7-13(8-6-12)17-11(2)3/h5-8,11,14,16H,4,9H2,1-3H3. The van der Waals surface area contributed by atoms with Gasteiger partial charge in [-0.15, -0.1) is 0 Å². The molecule has 0 saturated heterocycles. The van der Waals surface area contributed by atoms with Gasteiger partial charge < -0.3 is 4.74 Å². The lowest BCUT2D eigenvalue weighted by Gasteiger charge is -2.13. The van der Waals surface area contributed by atoms with E-state index in [1.54, 1.807) is 0 Å². The Morgan fingerprint density at radius 1 is 1.29 bits per heavy atom. The van der Waals surface area contributed by atoms with E-state index in [1.165, 1.54) is 0 Å². The average molecular weight is 232 g/mol. The lowest BCUT2D eigenvalue weighted by atomic mass is 10.1. The highest BCUT2D eigenvalue weighted by atomic mass is 16.5. The van der Waals surface area contributed by atoms with Crippen LogP contribution >= 0.6 is 0 Å². The molecular weight excluding hydrogens is 212 g/mol. The summed E-state index contributed by atoms with van der Waals surface area (Å²) in [7, 11) is 0. The molecule has 0 bridgehead atoms. The maximum atomic E-state index is 9.08. The molecule has 3 heteroatoms. The van der Waals surface area contributed by atoms with Gasteiger partial charge in [0.2, 0.25) is 0 Å². The number of benzene rings is 1. The molecule has 1 rings (SSSR count). The number of rotatable bonds is 6. The van der Waals surface area contributed by atoms with Gasteiger partial charge in [0.15, 0.2) is 0 Å². The van der Waals surface area contributed by atoms with Crippen LogP contribution in [0.15, 0.2) is 24.3 Å². The second kappa shape index (κ2) is 6.93. The molecule has 3 nitrogen and oxygen atoms in total. The van der Waals surface area contributed by atoms with E-state index in [0.29, 0.717) is 0 Å². The normalized spacial score (nSPS) is 12.2. The summed E-state index contributed by atoms with van der Waals surface area (Å²) in [6.45, 7) is 6.92. The number of ether oxygens (including phenoxy) is 1. The first-order chi connectivity index (χ1) is 8.17. The van der Waals surface area contributed by atoms with Gasteiger partial charge in [0, 0.05) is 0 Å². The molecule has 0 fully saturated rings. The van der Waals surface area contributed by atoms with Gasteiger partial charge in [-0.3, -0.25) is 5.32 Å². The van der Waals surface area contributed by atoms with E-state index < -0.39 is 0 Å². The van der Waals surface area contributed by atoms with Crippen molar-refractivity contribution in [3.05, 3.63) is 29.8 Å². The van der Waals surface area contributed by atoms with Gasteiger partial charge in [-0.05, 0) is 44.5 Å². The molecule has 0 heterocycles. The number of nitrogens with zero attached hydrogens (tertiary/aromatic N) is 1. The number of hydrogen-bond acceptors (Lipinski definition) is 3. The number of nitrogens with one attached hydrogen (secondary N) is 1. The van der Waals surface area contributed by atoms with Crippen LogP contribution < -0.4 is 10.1 Å². The van der Waals surface area contributed by atoms with Crippen LogP contribution in [0.5, 0.6) is 5.75 Å². The fourth-order valence-corrected chi connectivity index (χ4v) is 1.54. The van der Waals surface area contributed by atoms with Crippen LogP contribution in [0.3, 0.4) is 0 Å². The third-order valence-corrected chi connectivity index (χ3v) is 2.31. The monoisotopic (exact) mass is 232 g/mol. The summed E-state index contributed by atoms with van der Waals surface area (Å²) in [5.74, 6) is 0.843. The average Bonchev–Trinajstić information content (AvgIpc) is 2.31. The third-order valence-electron chi connectivity index (χ3n) is 2.31. The summed E-state index contributed by atoms with van der Waals surface area (Å²) in [6, 6.07) is 9.73.